The van der Waals surface area contributed by atoms with E-state index in [0.717, 1.165) is 35.5 Å². The zero-order valence-corrected chi connectivity index (χ0v) is 14.7. The highest BCUT2D eigenvalue weighted by Crippen LogP contribution is 2.35. The minimum Gasteiger partial charge on any atom is -0.454 e. The highest BCUT2D eigenvalue weighted by atomic mass is 127. The van der Waals surface area contributed by atoms with E-state index in [2.05, 4.69) is 29.5 Å². The van der Waals surface area contributed by atoms with Crippen LogP contribution in [0.25, 0.3) is 0 Å². The van der Waals surface area contributed by atoms with E-state index in [1.54, 1.807) is 0 Å². The molecule has 5 nitrogen and oxygen atoms in total. The van der Waals surface area contributed by atoms with E-state index >= 15 is 0 Å². The molecule has 1 saturated carbocycles. The number of hydrogen-bond donors (Lipinski definition) is 2. The molecule has 1 fully saturated rings. The van der Waals surface area contributed by atoms with Gasteiger partial charge in [0.05, 0.1) is 6.54 Å². The molecular formula is C15H22IN3O2. The molecule has 0 radical (unpaired) electrons. The highest BCUT2D eigenvalue weighted by molar-refractivity contribution is 14.0. The zero-order chi connectivity index (χ0) is 13.9. The molecular weight excluding hydrogens is 381 g/mol. The van der Waals surface area contributed by atoms with Crippen LogP contribution in [-0.4, -0.2) is 25.3 Å². The molecule has 1 aromatic rings. The quantitative estimate of drug-likeness (QED) is 0.461. The van der Waals surface area contributed by atoms with Crippen LogP contribution in [0.2, 0.25) is 0 Å². The van der Waals surface area contributed by atoms with Gasteiger partial charge in [-0.05, 0) is 25.3 Å². The molecule has 1 aliphatic carbocycles. The lowest BCUT2D eigenvalue weighted by atomic mass is 10.2. The maximum Gasteiger partial charge on any atom is 0.231 e. The van der Waals surface area contributed by atoms with Crippen molar-refractivity contribution in [3.8, 4) is 11.5 Å². The van der Waals surface area contributed by atoms with Gasteiger partial charge < -0.3 is 20.1 Å². The van der Waals surface area contributed by atoms with Gasteiger partial charge in [0.1, 0.15) is 0 Å². The minimum absolute atomic E-state index is 0. The van der Waals surface area contributed by atoms with Crippen LogP contribution in [0.5, 0.6) is 11.5 Å². The lowest BCUT2D eigenvalue weighted by Crippen LogP contribution is -2.39. The molecule has 1 heterocycles. The van der Waals surface area contributed by atoms with Crippen LogP contribution in [0.3, 0.4) is 0 Å². The third-order valence-electron chi connectivity index (χ3n) is 3.66. The zero-order valence-electron chi connectivity index (χ0n) is 12.4. The molecule has 1 aliphatic heterocycles. The number of halogens is 1. The first-order valence-corrected chi connectivity index (χ1v) is 7.20. The first kappa shape index (κ1) is 16.2. The van der Waals surface area contributed by atoms with Gasteiger partial charge in [-0.15, -0.1) is 24.0 Å². The third kappa shape index (κ3) is 3.93. The summed E-state index contributed by atoms with van der Waals surface area (Å²) in [5.74, 6) is 3.26. The summed E-state index contributed by atoms with van der Waals surface area (Å²) in [6.45, 7) is 6.07. The molecule has 6 heteroatoms. The van der Waals surface area contributed by atoms with Gasteiger partial charge in [-0.1, -0.05) is 19.1 Å². The van der Waals surface area contributed by atoms with Crippen LogP contribution < -0.4 is 20.1 Å². The van der Waals surface area contributed by atoms with Crippen molar-refractivity contribution in [2.45, 2.75) is 32.9 Å². The van der Waals surface area contributed by atoms with Crippen molar-refractivity contribution in [2.24, 2.45) is 10.9 Å². The Morgan fingerprint density at radius 2 is 2.19 bits per heavy atom. The number of aliphatic imine (C=N–C) groups is 1. The normalized spacial score (nSPS) is 22.5. The summed E-state index contributed by atoms with van der Waals surface area (Å²) < 4.78 is 10.9. The van der Waals surface area contributed by atoms with Crippen molar-refractivity contribution in [1.29, 1.82) is 0 Å². The topological polar surface area (TPSA) is 54.9 Å². The maximum atomic E-state index is 5.50. The molecule has 0 saturated heterocycles. The average Bonchev–Trinajstić information content (AvgIpc) is 2.94. The van der Waals surface area contributed by atoms with Crippen LogP contribution >= 0.6 is 24.0 Å². The molecule has 0 aromatic heterocycles. The number of nitrogens with zero attached hydrogens (tertiary/aromatic N) is 1. The lowest BCUT2D eigenvalue weighted by molar-refractivity contribution is 0.173. The predicted molar refractivity (Wildman–Crippen MR) is 93.5 cm³/mol. The minimum atomic E-state index is 0. The number of benzene rings is 1. The van der Waals surface area contributed by atoms with Crippen molar-refractivity contribution in [3.05, 3.63) is 23.8 Å². The Bertz CT molecular complexity index is 522. The Balaban J connectivity index is 0.00000161. The summed E-state index contributed by atoms with van der Waals surface area (Å²) in [5, 5.41) is 6.73. The molecule has 0 amide bonds. The van der Waals surface area contributed by atoms with Crippen molar-refractivity contribution >= 4 is 29.9 Å². The fourth-order valence-electron chi connectivity index (χ4n) is 2.30. The Morgan fingerprint density at radius 1 is 1.38 bits per heavy atom. The average molecular weight is 403 g/mol. The molecule has 116 valence electrons. The van der Waals surface area contributed by atoms with Gasteiger partial charge in [0.25, 0.3) is 0 Å². The van der Waals surface area contributed by atoms with E-state index in [0.29, 0.717) is 19.4 Å². The van der Waals surface area contributed by atoms with Crippen LogP contribution in [0.15, 0.2) is 23.2 Å². The molecule has 2 atom stereocenters. The van der Waals surface area contributed by atoms with E-state index < -0.39 is 0 Å². The molecule has 0 spiro atoms. The van der Waals surface area contributed by atoms with E-state index in [-0.39, 0.29) is 24.0 Å². The number of guanidine groups is 1. The van der Waals surface area contributed by atoms with Gasteiger partial charge in [0, 0.05) is 18.2 Å². The number of hydrogen-bond acceptors (Lipinski definition) is 3. The number of rotatable bonds is 4. The fraction of sp³-hybridized carbons (Fsp3) is 0.533. The van der Waals surface area contributed by atoms with E-state index in [1.807, 2.05) is 18.2 Å². The largest absolute Gasteiger partial charge is 0.454 e. The van der Waals surface area contributed by atoms with Crippen molar-refractivity contribution in [3.63, 3.8) is 0 Å². The standard InChI is InChI=1S/C15H21N3O2.HI/c1-3-16-15(18-12-7-10(12)2)17-8-11-5-4-6-13-14(11)20-9-19-13;/h4-6,10,12H,3,7-9H2,1-2H3,(H2,16,17,18);1H. The molecule has 2 unspecified atom stereocenters. The van der Waals surface area contributed by atoms with Crippen LogP contribution in [0.1, 0.15) is 25.8 Å². The molecule has 0 bridgehead atoms. The summed E-state index contributed by atoms with van der Waals surface area (Å²) >= 11 is 0. The molecule has 2 N–H and O–H groups in total. The number of nitrogens with one attached hydrogen (secondary N) is 2. The van der Waals surface area contributed by atoms with Gasteiger partial charge in [-0.25, -0.2) is 4.99 Å². The Hall–Kier alpha value is -1.18. The number of fused-ring (bicyclic) bond motifs is 1. The monoisotopic (exact) mass is 403 g/mol. The Kier molecular flexibility index (Phi) is 5.55. The first-order chi connectivity index (χ1) is 9.78. The summed E-state index contributed by atoms with van der Waals surface area (Å²) in [5.41, 5.74) is 1.06. The Labute approximate surface area is 142 Å². The van der Waals surface area contributed by atoms with Gasteiger partial charge in [0.15, 0.2) is 17.5 Å². The SMILES string of the molecule is CCNC(=NCc1cccc2c1OCO2)NC1CC1C.I. The van der Waals surface area contributed by atoms with Crippen LogP contribution in [0.4, 0.5) is 0 Å². The molecule has 2 aliphatic rings. The van der Waals surface area contributed by atoms with E-state index in [4.69, 9.17) is 9.47 Å². The van der Waals surface area contributed by atoms with Crippen LogP contribution in [-0.2, 0) is 6.54 Å². The second kappa shape index (κ2) is 7.20. The maximum absolute atomic E-state index is 5.50. The first-order valence-electron chi connectivity index (χ1n) is 7.20. The smallest absolute Gasteiger partial charge is 0.231 e. The number of para-hydroxylation sites is 1. The number of ether oxygens (including phenoxy) is 2. The summed E-state index contributed by atoms with van der Waals surface area (Å²) in [6.07, 6.45) is 1.22. The predicted octanol–water partition coefficient (Wildman–Crippen LogP) is 2.50. The lowest BCUT2D eigenvalue weighted by Gasteiger charge is -2.11. The van der Waals surface area contributed by atoms with E-state index in [1.165, 1.54) is 6.42 Å². The van der Waals surface area contributed by atoms with Crippen molar-refractivity contribution in [1.82, 2.24) is 10.6 Å². The van der Waals surface area contributed by atoms with E-state index in [9.17, 15) is 0 Å². The molecule has 21 heavy (non-hydrogen) atoms. The van der Waals surface area contributed by atoms with Crippen molar-refractivity contribution < 1.29 is 9.47 Å². The van der Waals surface area contributed by atoms with Gasteiger partial charge >= 0.3 is 0 Å². The Morgan fingerprint density at radius 3 is 2.90 bits per heavy atom. The second-order valence-electron chi connectivity index (χ2n) is 5.31. The van der Waals surface area contributed by atoms with Gasteiger partial charge in [0.2, 0.25) is 6.79 Å². The van der Waals surface area contributed by atoms with Gasteiger partial charge in [-0.3, -0.25) is 0 Å². The molecule has 3 rings (SSSR count). The second-order valence-corrected chi connectivity index (χ2v) is 5.31. The molecule has 1 aromatic carbocycles. The third-order valence-corrected chi connectivity index (χ3v) is 3.66. The summed E-state index contributed by atoms with van der Waals surface area (Å²) in [4.78, 5) is 4.63. The summed E-state index contributed by atoms with van der Waals surface area (Å²) in [6, 6.07) is 6.49. The van der Waals surface area contributed by atoms with Gasteiger partial charge in [-0.2, -0.15) is 0 Å². The van der Waals surface area contributed by atoms with Crippen molar-refractivity contribution in [2.75, 3.05) is 13.3 Å². The summed E-state index contributed by atoms with van der Waals surface area (Å²) in [7, 11) is 0. The van der Waals surface area contributed by atoms with Crippen LogP contribution in [0, 0.1) is 5.92 Å². The fourth-order valence-corrected chi connectivity index (χ4v) is 2.30. The highest BCUT2D eigenvalue weighted by Gasteiger charge is 2.33.